The predicted octanol–water partition coefficient (Wildman–Crippen LogP) is 5.48. The number of carbonyl (C=O) groups excluding carboxylic acids is 2. The molecule has 162 valence electrons. The summed E-state index contributed by atoms with van der Waals surface area (Å²) in [6.07, 6.45) is 1.76. The summed E-state index contributed by atoms with van der Waals surface area (Å²) in [5, 5.41) is 6.46. The van der Waals surface area contributed by atoms with Gasteiger partial charge in [0.1, 0.15) is 6.04 Å². The maximum absolute atomic E-state index is 13.0. The first-order chi connectivity index (χ1) is 15.5. The highest BCUT2D eigenvalue weighted by molar-refractivity contribution is 6.32. The highest BCUT2D eigenvalue weighted by Gasteiger charge is 2.26. The van der Waals surface area contributed by atoms with Gasteiger partial charge in [0, 0.05) is 34.7 Å². The zero-order valence-electron chi connectivity index (χ0n) is 17.8. The molecule has 5 nitrogen and oxygen atoms in total. The second kappa shape index (κ2) is 9.79. The van der Waals surface area contributed by atoms with Crippen LogP contribution in [0.25, 0.3) is 0 Å². The SMILES string of the molecule is CCCC(=O)Nc1ccc(C2=NC(Cc3ccccc3)C(=O)Nc3ccc(Cl)cc32)cc1. The molecule has 1 unspecified atom stereocenters. The molecule has 2 amide bonds. The van der Waals surface area contributed by atoms with Crippen LogP contribution in [0.15, 0.2) is 77.8 Å². The number of hydrogen-bond donors (Lipinski definition) is 2. The first-order valence-corrected chi connectivity index (χ1v) is 11.0. The lowest BCUT2D eigenvalue weighted by atomic mass is 10.00. The number of fused-ring (bicyclic) bond motifs is 1. The molecule has 3 aromatic carbocycles. The summed E-state index contributed by atoms with van der Waals surface area (Å²) in [6.45, 7) is 1.97. The van der Waals surface area contributed by atoms with Crippen LogP contribution in [-0.4, -0.2) is 23.6 Å². The minimum Gasteiger partial charge on any atom is -0.326 e. The van der Waals surface area contributed by atoms with Crippen LogP contribution in [0.3, 0.4) is 0 Å². The van der Waals surface area contributed by atoms with Crippen molar-refractivity contribution in [3.63, 3.8) is 0 Å². The van der Waals surface area contributed by atoms with Crippen molar-refractivity contribution >= 4 is 40.5 Å². The molecule has 6 heteroatoms. The van der Waals surface area contributed by atoms with Gasteiger partial charge in [0.05, 0.1) is 11.4 Å². The molecule has 0 saturated heterocycles. The Morgan fingerprint density at radius 2 is 1.81 bits per heavy atom. The van der Waals surface area contributed by atoms with Gasteiger partial charge < -0.3 is 10.6 Å². The Balaban J connectivity index is 1.72. The summed E-state index contributed by atoms with van der Waals surface area (Å²) in [7, 11) is 0. The summed E-state index contributed by atoms with van der Waals surface area (Å²) < 4.78 is 0. The molecule has 1 heterocycles. The number of benzene rings is 3. The van der Waals surface area contributed by atoms with E-state index in [0.29, 0.717) is 29.3 Å². The van der Waals surface area contributed by atoms with Crippen LogP contribution < -0.4 is 10.6 Å². The van der Waals surface area contributed by atoms with E-state index < -0.39 is 6.04 Å². The van der Waals surface area contributed by atoms with E-state index in [2.05, 4.69) is 10.6 Å². The quantitative estimate of drug-likeness (QED) is 0.527. The van der Waals surface area contributed by atoms with Crippen molar-refractivity contribution in [2.75, 3.05) is 10.6 Å². The minimum absolute atomic E-state index is 0.0121. The van der Waals surface area contributed by atoms with Crippen molar-refractivity contribution in [2.24, 2.45) is 4.99 Å². The second-order valence-corrected chi connectivity index (χ2v) is 8.17. The Labute approximate surface area is 192 Å². The van der Waals surface area contributed by atoms with E-state index in [4.69, 9.17) is 16.6 Å². The zero-order valence-corrected chi connectivity index (χ0v) is 18.5. The number of rotatable bonds is 6. The van der Waals surface area contributed by atoms with Gasteiger partial charge in [-0.05, 0) is 42.3 Å². The summed E-state index contributed by atoms with van der Waals surface area (Å²) >= 11 is 6.28. The molecule has 0 fully saturated rings. The van der Waals surface area contributed by atoms with Gasteiger partial charge >= 0.3 is 0 Å². The highest BCUT2D eigenvalue weighted by atomic mass is 35.5. The molecule has 4 rings (SSSR count). The van der Waals surface area contributed by atoms with Gasteiger partial charge in [-0.2, -0.15) is 0 Å². The molecule has 2 N–H and O–H groups in total. The van der Waals surface area contributed by atoms with Crippen molar-refractivity contribution in [3.05, 3.63) is 94.5 Å². The maximum atomic E-state index is 13.0. The second-order valence-electron chi connectivity index (χ2n) is 7.74. The smallest absolute Gasteiger partial charge is 0.249 e. The Morgan fingerprint density at radius 1 is 1.06 bits per heavy atom. The van der Waals surface area contributed by atoms with Crippen molar-refractivity contribution in [1.29, 1.82) is 0 Å². The highest BCUT2D eigenvalue weighted by Crippen LogP contribution is 2.28. The van der Waals surface area contributed by atoms with E-state index in [1.54, 1.807) is 12.1 Å². The standard InChI is InChI=1S/C26H24ClN3O2/c1-2-6-24(31)28-20-12-9-18(10-13-20)25-21-16-19(27)11-14-22(21)30-26(32)23(29-25)15-17-7-4-3-5-8-17/h3-5,7-14,16,23H,2,6,15H2,1H3,(H,28,31)(H,30,32). The lowest BCUT2D eigenvalue weighted by Gasteiger charge is -2.12. The Kier molecular flexibility index (Phi) is 6.66. The van der Waals surface area contributed by atoms with Crippen molar-refractivity contribution in [2.45, 2.75) is 32.2 Å². The van der Waals surface area contributed by atoms with Gasteiger partial charge in [0.25, 0.3) is 0 Å². The Morgan fingerprint density at radius 3 is 2.53 bits per heavy atom. The normalized spacial score (nSPS) is 15.2. The molecule has 1 aliphatic heterocycles. The van der Waals surface area contributed by atoms with Crippen LogP contribution in [0.4, 0.5) is 11.4 Å². The van der Waals surface area contributed by atoms with Gasteiger partial charge in [0.15, 0.2) is 0 Å². The lowest BCUT2D eigenvalue weighted by Crippen LogP contribution is -2.27. The van der Waals surface area contributed by atoms with Crippen LogP contribution in [0.1, 0.15) is 36.5 Å². The van der Waals surface area contributed by atoms with Gasteiger partial charge in [-0.3, -0.25) is 14.6 Å². The average molecular weight is 446 g/mol. The van der Waals surface area contributed by atoms with E-state index in [0.717, 1.165) is 28.8 Å². The van der Waals surface area contributed by atoms with Crippen LogP contribution in [0.2, 0.25) is 5.02 Å². The maximum Gasteiger partial charge on any atom is 0.249 e. The van der Waals surface area contributed by atoms with E-state index >= 15 is 0 Å². The molecule has 3 aromatic rings. The number of aliphatic imine (C=N–C) groups is 1. The predicted molar refractivity (Wildman–Crippen MR) is 130 cm³/mol. The Bertz CT molecular complexity index is 1160. The number of amides is 2. The minimum atomic E-state index is -0.581. The average Bonchev–Trinajstić information content (AvgIpc) is 2.92. The number of halogens is 1. The van der Waals surface area contributed by atoms with Crippen LogP contribution in [0, 0.1) is 0 Å². The van der Waals surface area contributed by atoms with Crippen LogP contribution in [0.5, 0.6) is 0 Å². The largest absolute Gasteiger partial charge is 0.326 e. The topological polar surface area (TPSA) is 70.6 Å². The summed E-state index contributed by atoms with van der Waals surface area (Å²) in [6, 6.07) is 22.1. The first-order valence-electron chi connectivity index (χ1n) is 10.7. The molecule has 0 saturated carbocycles. The van der Waals surface area contributed by atoms with Crippen LogP contribution >= 0.6 is 11.6 Å². The van der Waals surface area contributed by atoms with Crippen molar-refractivity contribution in [3.8, 4) is 0 Å². The third-order valence-corrected chi connectivity index (χ3v) is 5.51. The summed E-state index contributed by atoms with van der Waals surface area (Å²) in [5.74, 6) is -0.169. The van der Waals surface area contributed by atoms with Crippen molar-refractivity contribution < 1.29 is 9.59 Å². The Hall–Kier alpha value is -3.44. The molecular formula is C26H24ClN3O2. The molecule has 32 heavy (non-hydrogen) atoms. The fraction of sp³-hybridized carbons (Fsp3) is 0.192. The fourth-order valence-electron chi connectivity index (χ4n) is 3.69. The van der Waals surface area contributed by atoms with E-state index in [1.165, 1.54) is 0 Å². The van der Waals surface area contributed by atoms with Gasteiger partial charge in [-0.25, -0.2) is 0 Å². The first kappa shape index (κ1) is 21.8. The molecule has 1 atom stereocenters. The molecule has 0 spiro atoms. The number of anilines is 2. The fourth-order valence-corrected chi connectivity index (χ4v) is 3.86. The number of carbonyl (C=O) groups is 2. The van der Waals surface area contributed by atoms with E-state index in [1.807, 2.05) is 67.6 Å². The summed E-state index contributed by atoms with van der Waals surface area (Å²) in [5.41, 5.74) is 4.74. The van der Waals surface area contributed by atoms with Crippen LogP contribution in [-0.2, 0) is 16.0 Å². The lowest BCUT2D eigenvalue weighted by molar-refractivity contribution is -0.117. The molecule has 0 bridgehead atoms. The van der Waals surface area contributed by atoms with Gasteiger partial charge in [-0.15, -0.1) is 0 Å². The zero-order chi connectivity index (χ0) is 22.5. The van der Waals surface area contributed by atoms with E-state index in [-0.39, 0.29) is 11.8 Å². The van der Waals surface area contributed by atoms with Gasteiger partial charge in [0.2, 0.25) is 11.8 Å². The molecule has 0 aliphatic carbocycles. The third kappa shape index (κ3) is 5.06. The third-order valence-electron chi connectivity index (χ3n) is 5.27. The molecule has 0 radical (unpaired) electrons. The monoisotopic (exact) mass is 445 g/mol. The van der Waals surface area contributed by atoms with E-state index in [9.17, 15) is 9.59 Å². The number of hydrogen-bond acceptors (Lipinski definition) is 3. The number of nitrogens with zero attached hydrogens (tertiary/aromatic N) is 1. The molecule has 1 aliphatic rings. The summed E-state index contributed by atoms with van der Waals surface area (Å²) in [4.78, 5) is 29.8. The van der Waals surface area contributed by atoms with Gasteiger partial charge in [-0.1, -0.05) is 61.0 Å². The number of nitrogens with one attached hydrogen (secondary N) is 2. The number of benzodiazepines with no additional fused rings is 1. The molecule has 0 aromatic heterocycles. The van der Waals surface area contributed by atoms with Crippen molar-refractivity contribution in [1.82, 2.24) is 0 Å². The molecular weight excluding hydrogens is 422 g/mol.